The molecule has 0 bridgehead atoms. The highest BCUT2D eigenvalue weighted by Gasteiger charge is 2.26. The third-order valence-corrected chi connectivity index (χ3v) is 2.06. The van der Waals surface area contributed by atoms with E-state index in [2.05, 4.69) is 5.32 Å². The van der Waals surface area contributed by atoms with E-state index in [4.69, 9.17) is 15.9 Å². The first-order valence-corrected chi connectivity index (χ1v) is 4.78. The Morgan fingerprint density at radius 2 is 2.00 bits per heavy atom. The fourth-order valence-corrected chi connectivity index (χ4v) is 0.961. The van der Waals surface area contributed by atoms with E-state index in [1.807, 2.05) is 6.92 Å². The van der Waals surface area contributed by atoms with Crippen LogP contribution >= 0.6 is 0 Å². The summed E-state index contributed by atoms with van der Waals surface area (Å²) in [5, 5.41) is 20.4. The quantitative estimate of drug-likeness (QED) is 0.445. The van der Waals surface area contributed by atoms with Crippen LogP contribution in [0.5, 0.6) is 0 Å². The summed E-state index contributed by atoms with van der Waals surface area (Å²) < 4.78 is 0. The molecule has 0 unspecified atom stereocenters. The van der Waals surface area contributed by atoms with Crippen molar-refractivity contribution in [1.82, 2.24) is 5.32 Å². The SMILES string of the molecule is CCC[C@H](N)C(=O)NC(C)(CO)CO. The summed E-state index contributed by atoms with van der Waals surface area (Å²) in [6, 6.07) is -0.572. The molecule has 0 radical (unpaired) electrons. The Morgan fingerprint density at radius 1 is 1.50 bits per heavy atom. The number of nitrogens with one attached hydrogen (secondary N) is 1. The van der Waals surface area contributed by atoms with Gasteiger partial charge in [-0.1, -0.05) is 13.3 Å². The van der Waals surface area contributed by atoms with Crippen molar-refractivity contribution in [3.8, 4) is 0 Å². The summed E-state index contributed by atoms with van der Waals surface area (Å²) >= 11 is 0. The van der Waals surface area contributed by atoms with Gasteiger partial charge < -0.3 is 21.3 Å². The van der Waals surface area contributed by atoms with Crippen molar-refractivity contribution in [2.45, 2.75) is 38.3 Å². The third-order valence-electron chi connectivity index (χ3n) is 2.06. The van der Waals surface area contributed by atoms with Gasteiger partial charge in [0.1, 0.15) is 0 Å². The van der Waals surface area contributed by atoms with Crippen LogP contribution in [0.4, 0.5) is 0 Å². The fourth-order valence-electron chi connectivity index (χ4n) is 0.961. The van der Waals surface area contributed by atoms with Crippen molar-refractivity contribution in [2.75, 3.05) is 13.2 Å². The zero-order chi connectivity index (χ0) is 11.2. The standard InChI is InChI=1S/C9H20N2O3/c1-3-4-7(10)8(14)11-9(2,5-12)6-13/h7,12-13H,3-6,10H2,1-2H3,(H,11,14)/t7-/m0/s1. The van der Waals surface area contributed by atoms with E-state index < -0.39 is 11.6 Å². The second kappa shape index (κ2) is 5.95. The van der Waals surface area contributed by atoms with Gasteiger partial charge in [0.05, 0.1) is 24.8 Å². The van der Waals surface area contributed by atoms with Gasteiger partial charge in [0.2, 0.25) is 5.91 Å². The Labute approximate surface area is 84.3 Å². The largest absolute Gasteiger partial charge is 0.394 e. The Balaban J connectivity index is 4.15. The van der Waals surface area contributed by atoms with Crippen LogP contribution < -0.4 is 11.1 Å². The molecular weight excluding hydrogens is 184 g/mol. The molecule has 1 atom stereocenters. The van der Waals surface area contributed by atoms with E-state index in [0.717, 1.165) is 6.42 Å². The zero-order valence-electron chi connectivity index (χ0n) is 8.79. The minimum atomic E-state index is -0.984. The van der Waals surface area contributed by atoms with Crippen LogP contribution in [-0.4, -0.2) is 40.9 Å². The molecule has 0 heterocycles. The lowest BCUT2D eigenvalue weighted by molar-refractivity contribution is -0.125. The minimum absolute atomic E-state index is 0.311. The van der Waals surface area contributed by atoms with Crippen LogP contribution in [0, 0.1) is 0 Å². The highest BCUT2D eigenvalue weighted by atomic mass is 16.3. The van der Waals surface area contributed by atoms with E-state index >= 15 is 0 Å². The summed E-state index contributed by atoms with van der Waals surface area (Å²) in [6.45, 7) is 2.87. The number of rotatable bonds is 6. The normalized spacial score (nSPS) is 13.8. The van der Waals surface area contributed by atoms with E-state index in [1.54, 1.807) is 6.92 Å². The molecule has 1 amide bonds. The molecule has 0 aromatic carbocycles. The molecule has 0 saturated carbocycles. The lowest BCUT2D eigenvalue weighted by atomic mass is 10.0. The first-order chi connectivity index (χ1) is 6.49. The van der Waals surface area contributed by atoms with Gasteiger partial charge in [-0.25, -0.2) is 0 Å². The summed E-state index contributed by atoms with van der Waals surface area (Å²) in [6.07, 6.45) is 1.42. The van der Waals surface area contributed by atoms with Gasteiger partial charge in [0.25, 0.3) is 0 Å². The molecule has 5 N–H and O–H groups in total. The first kappa shape index (κ1) is 13.4. The van der Waals surface area contributed by atoms with Crippen LogP contribution in [0.15, 0.2) is 0 Å². The number of hydrogen-bond acceptors (Lipinski definition) is 4. The van der Waals surface area contributed by atoms with Crippen LogP contribution in [0.1, 0.15) is 26.7 Å². The predicted octanol–water partition coefficient (Wildman–Crippen LogP) is -1.03. The lowest BCUT2D eigenvalue weighted by Crippen LogP contribution is -2.56. The topological polar surface area (TPSA) is 95.6 Å². The lowest BCUT2D eigenvalue weighted by Gasteiger charge is -2.27. The Morgan fingerprint density at radius 3 is 2.36 bits per heavy atom. The molecule has 0 saturated heterocycles. The maximum atomic E-state index is 11.4. The molecule has 0 spiro atoms. The maximum Gasteiger partial charge on any atom is 0.237 e. The molecule has 0 aliphatic heterocycles. The highest BCUT2D eigenvalue weighted by Crippen LogP contribution is 2.02. The van der Waals surface area contributed by atoms with E-state index in [1.165, 1.54) is 0 Å². The molecule has 5 heteroatoms. The number of hydrogen-bond donors (Lipinski definition) is 4. The van der Waals surface area contributed by atoms with Crippen molar-refractivity contribution in [2.24, 2.45) is 5.73 Å². The number of carbonyl (C=O) groups excluding carboxylic acids is 1. The average Bonchev–Trinajstić information content (AvgIpc) is 2.18. The Hall–Kier alpha value is -0.650. The van der Waals surface area contributed by atoms with Gasteiger partial charge in [0.15, 0.2) is 0 Å². The Bertz CT molecular complexity index is 181. The molecular formula is C9H20N2O3. The maximum absolute atomic E-state index is 11.4. The number of aliphatic hydroxyl groups excluding tert-OH is 2. The molecule has 0 fully saturated rings. The molecule has 0 aliphatic rings. The van der Waals surface area contributed by atoms with Crippen molar-refractivity contribution >= 4 is 5.91 Å². The molecule has 0 aromatic rings. The van der Waals surface area contributed by atoms with Gasteiger partial charge in [-0.15, -0.1) is 0 Å². The van der Waals surface area contributed by atoms with Crippen LogP contribution in [0.3, 0.4) is 0 Å². The van der Waals surface area contributed by atoms with Crippen molar-refractivity contribution < 1.29 is 15.0 Å². The van der Waals surface area contributed by atoms with Gasteiger partial charge >= 0.3 is 0 Å². The van der Waals surface area contributed by atoms with Crippen molar-refractivity contribution in [3.05, 3.63) is 0 Å². The van der Waals surface area contributed by atoms with Crippen LogP contribution in [0.2, 0.25) is 0 Å². The number of amides is 1. The predicted molar refractivity (Wildman–Crippen MR) is 53.6 cm³/mol. The summed E-state index contributed by atoms with van der Waals surface area (Å²) in [7, 11) is 0. The average molecular weight is 204 g/mol. The monoisotopic (exact) mass is 204 g/mol. The molecule has 0 aliphatic carbocycles. The number of nitrogens with two attached hydrogens (primary N) is 1. The van der Waals surface area contributed by atoms with E-state index in [9.17, 15) is 4.79 Å². The fraction of sp³-hybridized carbons (Fsp3) is 0.889. The molecule has 0 rings (SSSR count). The van der Waals surface area contributed by atoms with Gasteiger partial charge in [0, 0.05) is 0 Å². The highest BCUT2D eigenvalue weighted by molar-refractivity contribution is 5.82. The van der Waals surface area contributed by atoms with Crippen LogP contribution in [-0.2, 0) is 4.79 Å². The zero-order valence-corrected chi connectivity index (χ0v) is 8.79. The number of aliphatic hydroxyl groups is 2. The summed E-state index contributed by atoms with van der Waals surface area (Å²) in [5.74, 6) is -0.336. The summed E-state index contributed by atoms with van der Waals surface area (Å²) in [5.41, 5.74) is 4.59. The minimum Gasteiger partial charge on any atom is -0.394 e. The van der Waals surface area contributed by atoms with Crippen molar-refractivity contribution in [3.63, 3.8) is 0 Å². The Kier molecular flexibility index (Phi) is 5.68. The van der Waals surface area contributed by atoms with Gasteiger partial charge in [-0.05, 0) is 13.3 Å². The van der Waals surface area contributed by atoms with Crippen LogP contribution in [0.25, 0.3) is 0 Å². The first-order valence-electron chi connectivity index (χ1n) is 4.78. The number of carbonyl (C=O) groups is 1. The second-order valence-corrected chi connectivity index (χ2v) is 3.76. The molecule has 84 valence electrons. The van der Waals surface area contributed by atoms with Gasteiger partial charge in [-0.3, -0.25) is 4.79 Å². The summed E-state index contributed by atoms with van der Waals surface area (Å²) in [4.78, 5) is 11.4. The van der Waals surface area contributed by atoms with Crippen molar-refractivity contribution in [1.29, 1.82) is 0 Å². The second-order valence-electron chi connectivity index (χ2n) is 3.76. The van der Waals surface area contributed by atoms with E-state index in [0.29, 0.717) is 6.42 Å². The molecule has 14 heavy (non-hydrogen) atoms. The molecule has 5 nitrogen and oxygen atoms in total. The molecule has 0 aromatic heterocycles. The van der Waals surface area contributed by atoms with E-state index in [-0.39, 0.29) is 19.1 Å². The third kappa shape index (κ3) is 4.04. The smallest absolute Gasteiger partial charge is 0.237 e. The van der Waals surface area contributed by atoms with Gasteiger partial charge in [-0.2, -0.15) is 0 Å².